The highest BCUT2D eigenvalue weighted by Crippen LogP contribution is 2.42. The first kappa shape index (κ1) is 20.4. The molecular weight excluding hydrogens is 388 g/mol. The van der Waals surface area contributed by atoms with Crippen LogP contribution < -0.4 is 9.80 Å². The maximum Gasteiger partial charge on any atom is 0.300 e. The summed E-state index contributed by atoms with van der Waals surface area (Å²) in [5, 5.41) is 11.1. The zero-order chi connectivity index (χ0) is 22.1. The molecule has 0 aromatic heterocycles. The molecule has 1 atom stereocenters. The first-order chi connectivity index (χ1) is 14.9. The Morgan fingerprint density at radius 2 is 1.48 bits per heavy atom. The van der Waals surface area contributed by atoms with E-state index in [1.54, 1.807) is 24.3 Å². The second kappa shape index (κ2) is 8.11. The molecule has 0 radical (unpaired) electrons. The quantitative estimate of drug-likeness (QED) is 0.384. The topological polar surface area (TPSA) is 60.9 Å². The average molecular weight is 412 g/mol. The van der Waals surface area contributed by atoms with Gasteiger partial charge < -0.3 is 10.0 Å². The molecule has 1 amide bonds. The van der Waals surface area contributed by atoms with Crippen LogP contribution in [0.1, 0.15) is 22.7 Å². The van der Waals surface area contributed by atoms with Crippen molar-refractivity contribution >= 4 is 28.8 Å². The summed E-state index contributed by atoms with van der Waals surface area (Å²) in [6.07, 6.45) is 0. The van der Waals surface area contributed by atoms with Crippen LogP contribution in [0.3, 0.4) is 0 Å². The number of aliphatic hydroxyl groups excluding tert-OH is 1. The molecule has 5 heteroatoms. The lowest BCUT2D eigenvalue weighted by Crippen LogP contribution is -2.29. The van der Waals surface area contributed by atoms with E-state index in [0.29, 0.717) is 11.3 Å². The Hall–Kier alpha value is -3.86. The first-order valence-corrected chi connectivity index (χ1v) is 10.1. The highest BCUT2D eigenvalue weighted by molar-refractivity contribution is 6.51. The predicted octanol–water partition coefficient (Wildman–Crippen LogP) is 4.69. The van der Waals surface area contributed by atoms with Crippen molar-refractivity contribution in [1.29, 1.82) is 0 Å². The standard InChI is InChI=1S/C26H24N2O3/c1-17-9-13-21(14-10-17)28-23(18-11-15-20(16-12-18)27(2)3)22(25(30)26(28)31)24(29)19-7-5-4-6-8-19/h4-16,23,29H,1-3H3. The molecule has 31 heavy (non-hydrogen) atoms. The lowest BCUT2D eigenvalue weighted by atomic mass is 9.95. The van der Waals surface area contributed by atoms with E-state index in [0.717, 1.165) is 16.8 Å². The third-order valence-electron chi connectivity index (χ3n) is 5.53. The molecule has 1 heterocycles. The predicted molar refractivity (Wildman–Crippen MR) is 123 cm³/mol. The number of hydrogen-bond donors (Lipinski definition) is 1. The van der Waals surface area contributed by atoms with Crippen LogP contribution in [0.15, 0.2) is 84.4 Å². The van der Waals surface area contributed by atoms with Crippen LogP contribution in [-0.4, -0.2) is 30.9 Å². The van der Waals surface area contributed by atoms with Gasteiger partial charge in [0.15, 0.2) is 0 Å². The minimum atomic E-state index is -0.723. The molecule has 1 aliphatic heterocycles. The van der Waals surface area contributed by atoms with Crippen molar-refractivity contribution in [2.75, 3.05) is 23.9 Å². The van der Waals surface area contributed by atoms with Crippen LogP contribution >= 0.6 is 0 Å². The number of anilines is 2. The summed E-state index contributed by atoms with van der Waals surface area (Å²) in [6, 6.07) is 23.2. The summed E-state index contributed by atoms with van der Waals surface area (Å²) in [5.41, 5.74) is 4.01. The second-order valence-electron chi connectivity index (χ2n) is 7.86. The van der Waals surface area contributed by atoms with Crippen LogP contribution in [0.4, 0.5) is 11.4 Å². The number of carbonyl (C=O) groups is 2. The van der Waals surface area contributed by atoms with E-state index in [1.165, 1.54) is 4.90 Å². The van der Waals surface area contributed by atoms with Crippen molar-refractivity contribution in [1.82, 2.24) is 0 Å². The van der Waals surface area contributed by atoms with Gasteiger partial charge in [0.25, 0.3) is 11.7 Å². The maximum absolute atomic E-state index is 13.1. The van der Waals surface area contributed by atoms with E-state index in [4.69, 9.17) is 0 Å². The van der Waals surface area contributed by atoms with Gasteiger partial charge in [-0.2, -0.15) is 0 Å². The Labute approximate surface area is 181 Å². The molecule has 1 saturated heterocycles. The molecule has 156 valence electrons. The zero-order valence-corrected chi connectivity index (χ0v) is 17.7. The minimum Gasteiger partial charge on any atom is -0.507 e. The number of nitrogens with zero attached hydrogens (tertiary/aromatic N) is 2. The molecule has 3 aromatic carbocycles. The van der Waals surface area contributed by atoms with Crippen LogP contribution in [0, 0.1) is 6.92 Å². The van der Waals surface area contributed by atoms with E-state index in [-0.39, 0.29) is 11.3 Å². The number of amides is 1. The summed E-state index contributed by atoms with van der Waals surface area (Å²) in [6.45, 7) is 1.96. The molecule has 0 bridgehead atoms. The molecule has 4 rings (SSSR count). The minimum absolute atomic E-state index is 0.0920. The molecule has 0 saturated carbocycles. The average Bonchev–Trinajstić information content (AvgIpc) is 3.05. The van der Waals surface area contributed by atoms with Gasteiger partial charge in [0, 0.05) is 31.0 Å². The molecule has 0 spiro atoms. The fourth-order valence-corrected chi connectivity index (χ4v) is 3.83. The SMILES string of the molecule is Cc1ccc(N2C(=O)C(=O)C(=C(O)c3ccccc3)C2c2ccc(N(C)C)cc2)cc1. The van der Waals surface area contributed by atoms with Crippen molar-refractivity contribution in [3.8, 4) is 0 Å². The highest BCUT2D eigenvalue weighted by Gasteiger charge is 2.46. The number of Topliss-reactive ketones (excluding diaryl/α,β-unsaturated/α-hetero) is 1. The molecule has 1 N–H and O–H groups in total. The third-order valence-corrected chi connectivity index (χ3v) is 5.53. The molecule has 1 fully saturated rings. The Kier molecular flexibility index (Phi) is 5.34. The largest absolute Gasteiger partial charge is 0.507 e. The van der Waals surface area contributed by atoms with E-state index in [1.807, 2.05) is 80.5 Å². The summed E-state index contributed by atoms with van der Waals surface area (Å²) < 4.78 is 0. The van der Waals surface area contributed by atoms with E-state index in [2.05, 4.69) is 0 Å². The van der Waals surface area contributed by atoms with E-state index in [9.17, 15) is 14.7 Å². The lowest BCUT2D eigenvalue weighted by Gasteiger charge is -2.26. The van der Waals surface area contributed by atoms with Crippen molar-refractivity contribution in [2.24, 2.45) is 0 Å². The second-order valence-corrected chi connectivity index (χ2v) is 7.86. The monoisotopic (exact) mass is 412 g/mol. The van der Waals surface area contributed by atoms with E-state index < -0.39 is 17.7 Å². The summed E-state index contributed by atoms with van der Waals surface area (Å²) in [4.78, 5) is 29.7. The summed E-state index contributed by atoms with van der Waals surface area (Å²) in [7, 11) is 3.89. The van der Waals surface area contributed by atoms with Gasteiger partial charge in [-0.15, -0.1) is 0 Å². The molecule has 1 unspecified atom stereocenters. The first-order valence-electron chi connectivity index (χ1n) is 10.1. The van der Waals surface area contributed by atoms with Crippen LogP contribution in [0.2, 0.25) is 0 Å². The normalized spacial score (nSPS) is 17.8. The fourth-order valence-electron chi connectivity index (χ4n) is 3.83. The Bertz CT molecular complexity index is 1150. The summed E-state index contributed by atoms with van der Waals surface area (Å²) in [5.74, 6) is -1.51. The van der Waals surface area contributed by atoms with Crippen molar-refractivity contribution in [3.63, 3.8) is 0 Å². The Morgan fingerprint density at radius 3 is 2.06 bits per heavy atom. The third kappa shape index (κ3) is 3.70. The molecule has 1 aliphatic rings. The van der Waals surface area contributed by atoms with Gasteiger partial charge in [-0.25, -0.2) is 0 Å². The maximum atomic E-state index is 13.1. The number of aryl methyl sites for hydroxylation is 1. The zero-order valence-electron chi connectivity index (χ0n) is 17.7. The van der Waals surface area contributed by atoms with Gasteiger partial charge in [0.05, 0.1) is 11.6 Å². The fraction of sp³-hybridized carbons (Fsp3) is 0.154. The van der Waals surface area contributed by atoms with Crippen molar-refractivity contribution in [3.05, 3.63) is 101 Å². The number of hydrogen-bond acceptors (Lipinski definition) is 4. The number of benzene rings is 3. The number of ketones is 1. The van der Waals surface area contributed by atoms with Gasteiger partial charge in [0.2, 0.25) is 0 Å². The molecule has 0 aliphatic carbocycles. The molecule has 5 nitrogen and oxygen atoms in total. The number of aliphatic hydroxyl groups is 1. The van der Waals surface area contributed by atoms with E-state index >= 15 is 0 Å². The summed E-state index contributed by atoms with van der Waals surface area (Å²) >= 11 is 0. The van der Waals surface area contributed by atoms with Gasteiger partial charge >= 0.3 is 0 Å². The Morgan fingerprint density at radius 1 is 0.871 bits per heavy atom. The molecular formula is C26H24N2O3. The van der Waals surface area contributed by atoms with Gasteiger partial charge in [-0.1, -0.05) is 60.2 Å². The van der Waals surface area contributed by atoms with Gasteiger partial charge in [0.1, 0.15) is 5.76 Å². The lowest BCUT2D eigenvalue weighted by molar-refractivity contribution is -0.132. The Balaban J connectivity index is 1.92. The number of rotatable bonds is 4. The smallest absolute Gasteiger partial charge is 0.300 e. The van der Waals surface area contributed by atoms with Crippen molar-refractivity contribution in [2.45, 2.75) is 13.0 Å². The van der Waals surface area contributed by atoms with Gasteiger partial charge in [-0.3, -0.25) is 14.5 Å². The van der Waals surface area contributed by atoms with Crippen LogP contribution in [0.25, 0.3) is 5.76 Å². The molecule has 3 aromatic rings. The van der Waals surface area contributed by atoms with Crippen LogP contribution in [0.5, 0.6) is 0 Å². The van der Waals surface area contributed by atoms with Gasteiger partial charge in [-0.05, 0) is 36.8 Å². The van der Waals surface area contributed by atoms with Crippen LogP contribution in [-0.2, 0) is 9.59 Å². The highest BCUT2D eigenvalue weighted by atomic mass is 16.3. The number of carbonyl (C=O) groups excluding carboxylic acids is 2. The van der Waals surface area contributed by atoms with Crippen molar-refractivity contribution < 1.29 is 14.7 Å².